The molecule has 2 aromatic rings. The van der Waals surface area contributed by atoms with Gasteiger partial charge < -0.3 is 14.6 Å². The lowest BCUT2D eigenvalue weighted by molar-refractivity contribution is 0.0696. The molecule has 0 spiro atoms. The van der Waals surface area contributed by atoms with Gasteiger partial charge in [0, 0.05) is 18.8 Å². The van der Waals surface area contributed by atoms with Crippen LogP contribution in [0.4, 0.5) is 5.82 Å². The van der Waals surface area contributed by atoms with E-state index in [-0.39, 0.29) is 5.56 Å². The zero-order valence-electron chi connectivity index (χ0n) is 11.9. The van der Waals surface area contributed by atoms with Gasteiger partial charge in [-0.05, 0) is 18.6 Å². The average molecular weight is 287 g/mol. The minimum Gasteiger partial charge on any atom is -0.478 e. The van der Waals surface area contributed by atoms with Gasteiger partial charge in [-0.3, -0.25) is 0 Å². The van der Waals surface area contributed by atoms with Gasteiger partial charge in [0.25, 0.3) is 0 Å². The maximum atomic E-state index is 11.3. The van der Waals surface area contributed by atoms with Gasteiger partial charge in [-0.25, -0.2) is 9.78 Å². The number of aromatic nitrogens is 4. The number of hydrogen-bond acceptors (Lipinski definition) is 5. The van der Waals surface area contributed by atoms with Gasteiger partial charge in [-0.15, -0.1) is 10.2 Å². The highest BCUT2D eigenvalue weighted by Gasteiger charge is 2.20. The fourth-order valence-electron chi connectivity index (χ4n) is 2.50. The Labute approximate surface area is 122 Å². The molecule has 1 aliphatic rings. The number of fused-ring (bicyclic) bond motifs is 1. The second-order valence-corrected chi connectivity index (χ2v) is 5.12. The van der Waals surface area contributed by atoms with E-state index in [1.54, 1.807) is 18.5 Å². The van der Waals surface area contributed by atoms with Crippen LogP contribution in [0.1, 0.15) is 35.2 Å². The Morgan fingerprint density at radius 2 is 2.24 bits per heavy atom. The van der Waals surface area contributed by atoms with Gasteiger partial charge in [0.05, 0.1) is 12.1 Å². The number of hydrogen-bond donors (Lipinski definition) is 1. The molecule has 0 unspecified atom stereocenters. The number of aromatic carboxylic acids is 1. The molecule has 0 amide bonds. The summed E-state index contributed by atoms with van der Waals surface area (Å²) in [6.07, 6.45) is 3.43. The maximum absolute atomic E-state index is 11.3. The second-order valence-electron chi connectivity index (χ2n) is 5.12. The summed E-state index contributed by atoms with van der Waals surface area (Å²) in [5.41, 5.74) is 1.11. The predicted molar refractivity (Wildman–Crippen MR) is 76.3 cm³/mol. The van der Waals surface area contributed by atoms with Crippen molar-refractivity contribution in [1.29, 1.82) is 0 Å². The quantitative estimate of drug-likeness (QED) is 0.913. The summed E-state index contributed by atoms with van der Waals surface area (Å²) in [6.45, 7) is 4.21. The first-order valence-corrected chi connectivity index (χ1v) is 7.03. The van der Waals surface area contributed by atoms with E-state index in [4.69, 9.17) is 0 Å². The molecule has 2 aromatic heterocycles. The van der Waals surface area contributed by atoms with Crippen LogP contribution in [-0.2, 0) is 19.5 Å². The van der Waals surface area contributed by atoms with E-state index in [2.05, 4.69) is 27.0 Å². The Kier molecular flexibility index (Phi) is 3.55. The molecule has 0 saturated heterocycles. The van der Waals surface area contributed by atoms with Crippen molar-refractivity contribution in [3.8, 4) is 0 Å². The molecule has 1 aliphatic heterocycles. The molecule has 21 heavy (non-hydrogen) atoms. The fraction of sp³-hybridized carbons (Fsp3) is 0.429. The molecule has 7 heteroatoms. The summed E-state index contributed by atoms with van der Waals surface area (Å²) in [6, 6.07) is 3.29. The summed E-state index contributed by atoms with van der Waals surface area (Å²) in [4.78, 5) is 17.9. The van der Waals surface area contributed by atoms with E-state index in [0.717, 1.165) is 37.4 Å². The molecule has 0 radical (unpaired) electrons. The molecule has 1 N–H and O–H groups in total. The number of pyridine rings is 1. The van der Waals surface area contributed by atoms with Crippen LogP contribution in [0.25, 0.3) is 0 Å². The number of rotatable bonds is 4. The molecule has 110 valence electrons. The third-order valence-corrected chi connectivity index (χ3v) is 3.58. The fourth-order valence-corrected chi connectivity index (χ4v) is 2.50. The molecular weight excluding hydrogens is 270 g/mol. The summed E-state index contributed by atoms with van der Waals surface area (Å²) in [7, 11) is 0. The standard InChI is InChI=1S/C14H17N5O2/c1-2-3-11-6-10(14(20)21)7-12(16-11)18-4-5-19-9-15-17-13(19)8-18/h6-7,9H,2-5,8H2,1H3,(H,20,21). The van der Waals surface area contributed by atoms with Crippen molar-refractivity contribution in [1.82, 2.24) is 19.7 Å². The summed E-state index contributed by atoms with van der Waals surface area (Å²) in [5, 5.41) is 17.2. The third kappa shape index (κ3) is 2.72. The van der Waals surface area contributed by atoms with E-state index in [1.165, 1.54) is 0 Å². The summed E-state index contributed by atoms with van der Waals surface area (Å²) in [5.74, 6) is 0.657. The summed E-state index contributed by atoms with van der Waals surface area (Å²) < 4.78 is 2.00. The van der Waals surface area contributed by atoms with Crippen molar-refractivity contribution in [2.24, 2.45) is 0 Å². The Hall–Kier alpha value is -2.44. The van der Waals surface area contributed by atoms with Crippen LogP contribution in [0.15, 0.2) is 18.5 Å². The largest absolute Gasteiger partial charge is 0.478 e. The normalized spacial score (nSPS) is 14.0. The van der Waals surface area contributed by atoms with Gasteiger partial charge in [0.2, 0.25) is 0 Å². The number of aryl methyl sites for hydroxylation is 1. The lowest BCUT2D eigenvalue weighted by Gasteiger charge is -2.28. The van der Waals surface area contributed by atoms with Crippen LogP contribution in [0.5, 0.6) is 0 Å². The lowest BCUT2D eigenvalue weighted by atomic mass is 10.1. The number of carboxylic acid groups (broad SMARTS) is 1. The van der Waals surface area contributed by atoms with Crippen molar-refractivity contribution in [3.05, 3.63) is 35.5 Å². The molecular formula is C14H17N5O2. The van der Waals surface area contributed by atoms with Crippen molar-refractivity contribution >= 4 is 11.8 Å². The first-order chi connectivity index (χ1) is 10.2. The van der Waals surface area contributed by atoms with Crippen LogP contribution in [0, 0.1) is 0 Å². The highest BCUT2D eigenvalue weighted by molar-refractivity contribution is 5.88. The molecule has 0 saturated carbocycles. The second kappa shape index (κ2) is 5.51. The maximum Gasteiger partial charge on any atom is 0.335 e. The van der Waals surface area contributed by atoms with Crippen molar-refractivity contribution in [2.45, 2.75) is 32.9 Å². The van der Waals surface area contributed by atoms with Crippen molar-refractivity contribution < 1.29 is 9.90 Å². The van der Waals surface area contributed by atoms with Gasteiger partial charge >= 0.3 is 5.97 Å². The van der Waals surface area contributed by atoms with Gasteiger partial charge in [0.1, 0.15) is 12.1 Å². The summed E-state index contributed by atoms with van der Waals surface area (Å²) >= 11 is 0. The molecule has 0 aromatic carbocycles. The molecule has 0 aliphatic carbocycles. The molecule has 7 nitrogen and oxygen atoms in total. The molecule has 0 fully saturated rings. The van der Waals surface area contributed by atoms with Gasteiger partial charge in [-0.1, -0.05) is 13.3 Å². The Morgan fingerprint density at radius 1 is 1.38 bits per heavy atom. The predicted octanol–water partition coefficient (Wildman–Crippen LogP) is 1.34. The van der Waals surface area contributed by atoms with Gasteiger partial charge in [0.15, 0.2) is 5.82 Å². The Morgan fingerprint density at radius 3 is 3.00 bits per heavy atom. The zero-order chi connectivity index (χ0) is 14.8. The monoisotopic (exact) mass is 287 g/mol. The van der Waals surface area contributed by atoms with Crippen molar-refractivity contribution in [2.75, 3.05) is 11.4 Å². The number of anilines is 1. The molecule has 0 atom stereocenters. The third-order valence-electron chi connectivity index (χ3n) is 3.58. The van der Waals surface area contributed by atoms with E-state index >= 15 is 0 Å². The van der Waals surface area contributed by atoms with E-state index in [1.807, 2.05) is 4.57 Å². The molecule has 0 bridgehead atoms. The topological polar surface area (TPSA) is 84.1 Å². The zero-order valence-corrected chi connectivity index (χ0v) is 11.9. The minimum atomic E-state index is -0.920. The molecule has 3 heterocycles. The minimum absolute atomic E-state index is 0.287. The van der Waals surface area contributed by atoms with E-state index in [9.17, 15) is 9.90 Å². The van der Waals surface area contributed by atoms with E-state index in [0.29, 0.717) is 12.4 Å². The Balaban J connectivity index is 1.92. The van der Waals surface area contributed by atoms with E-state index < -0.39 is 5.97 Å². The van der Waals surface area contributed by atoms with Crippen LogP contribution >= 0.6 is 0 Å². The SMILES string of the molecule is CCCc1cc(C(=O)O)cc(N2CCn3cnnc3C2)n1. The van der Waals surface area contributed by atoms with Crippen LogP contribution in [-0.4, -0.2) is 37.4 Å². The number of nitrogens with zero attached hydrogens (tertiary/aromatic N) is 5. The first-order valence-electron chi connectivity index (χ1n) is 7.03. The smallest absolute Gasteiger partial charge is 0.335 e. The highest BCUT2D eigenvalue weighted by Crippen LogP contribution is 2.20. The average Bonchev–Trinajstić information content (AvgIpc) is 2.94. The number of carbonyl (C=O) groups is 1. The van der Waals surface area contributed by atoms with Crippen LogP contribution < -0.4 is 4.90 Å². The van der Waals surface area contributed by atoms with Gasteiger partial charge in [-0.2, -0.15) is 0 Å². The van der Waals surface area contributed by atoms with Crippen molar-refractivity contribution in [3.63, 3.8) is 0 Å². The first kappa shape index (κ1) is 13.5. The van der Waals surface area contributed by atoms with Crippen LogP contribution in [0.3, 0.4) is 0 Å². The lowest BCUT2D eigenvalue weighted by Crippen LogP contribution is -2.34. The number of carboxylic acids is 1. The Bertz CT molecular complexity index is 667. The van der Waals surface area contributed by atoms with Crippen LogP contribution in [0.2, 0.25) is 0 Å². The molecule has 3 rings (SSSR count). The highest BCUT2D eigenvalue weighted by atomic mass is 16.4.